The van der Waals surface area contributed by atoms with Crippen LogP contribution in [0.3, 0.4) is 0 Å². The topological polar surface area (TPSA) is 85.2 Å². The summed E-state index contributed by atoms with van der Waals surface area (Å²) in [7, 11) is -0.683. The van der Waals surface area contributed by atoms with Gasteiger partial charge >= 0.3 is 6.01 Å². The van der Waals surface area contributed by atoms with Crippen molar-refractivity contribution in [3.05, 3.63) is 5.89 Å². The second-order valence-corrected chi connectivity index (χ2v) is 5.05. The average molecular weight is 230 g/mol. The summed E-state index contributed by atoms with van der Waals surface area (Å²) in [6, 6.07) is 0.523. The SMILES string of the molecule is NCCc1nnc(N2CCS(=O)CC2)o1. The van der Waals surface area contributed by atoms with Crippen molar-refractivity contribution in [2.45, 2.75) is 6.42 Å². The standard InChI is InChI=1S/C8H14N4O2S/c9-2-1-7-10-11-8(14-7)12-3-5-15(13)6-4-12/h1-6,9H2. The van der Waals surface area contributed by atoms with Gasteiger partial charge in [0.2, 0.25) is 5.89 Å². The zero-order valence-electron chi connectivity index (χ0n) is 8.39. The Labute approximate surface area is 90.3 Å². The zero-order valence-corrected chi connectivity index (χ0v) is 9.20. The molecular formula is C8H14N4O2S. The van der Waals surface area contributed by atoms with Crippen molar-refractivity contribution in [2.24, 2.45) is 5.73 Å². The monoisotopic (exact) mass is 230 g/mol. The lowest BCUT2D eigenvalue weighted by molar-refractivity contribution is 0.486. The van der Waals surface area contributed by atoms with Crippen LogP contribution in [0.5, 0.6) is 0 Å². The fourth-order valence-corrected chi connectivity index (χ4v) is 2.48. The molecule has 15 heavy (non-hydrogen) atoms. The lowest BCUT2D eigenvalue weighted by Gasteiger charge is -2.23. The van der Waals surface area contributed by atoms with E-state index in [1.54, 1.807) is 0 Å². The zero-order chi connectivity index (χ0) is 10.7. The van der Waals surface area contributed by atoms with Gasteiger partial charge in [0.25, 0.3) is 0 Å². The minimum atomic E-state index is -0.683. The summed E-state index contributed by atoms with van der Waals surface area (Å²) in [5.74, 6) is 1.92. The minimum absolute atomic E-state index is 0.506. The maximum absolute atomic E-state index is 11.1. The molecule has 1 aromatic rings. The molecule has 0 spiro atoms. The highest BCUT2D eigenvalue weighted by atomic mass is 32.2. The molecule has 0 aromatic carbocycles. The number of hydrogen-bond acceptors (Lipinski definition) is 6. The van der Waals surface area contributed by atoms with E-state index in [1.165, 1.54) is 0 Å². The molecule has 0 radical (unpaired) electrons. The molecule has 2 heterocycles. The summed E-state index contributed by atoms with van der Waals surface area (Å²) in [4.78, 5) is 1.97. The Bertz CT molecular complexity index is 344. The van der Waals surface area contributed by atoms with Crippen LogP contribution in [-0.2, 0) is 17.2 Å². The first kappa shape index (κ1) is 10.6. The highest BCUT2D eigenvalue weighted by Crippen LogP contribution is 2.14. The Morgan fingerprint density at radius 1 is 1.40 bits per heavy atom. The Hall–Kier alpha value is -0.950. The quantitative estimate of drug-likeness (QED) is 0.727. The van der Waals surface area contributed by atoms with E-state index in [2.05, 4.69) is 10.2 Å². The van der Waals surface area contributed by atoms with E-state index < -0.39 is 10.8 Å². The molecule has 1 aliphatic heterocycles. The van der Waals surface area contributed by atoms with Crippen LogP contribution < -0.4 is 10.6 Å². The van der Waals surface area contributed by atoms with Crippen molar-refractivity contribution in [3.8, 4) is 0 Å². The van der Waals surface area contributed by atoms with Crippen LogP contribution in [0.4, 0.5) is 6.01 Å². The third-order valence-electron chi connectivity index (χ3n) is 2.26. The van der Waals surface area contributed by atoms with Crippen molar-refractivity contribution in [1.29, 1.82) is 0 Å². The average Bonchev–Trinajstić information content (AvgIpc) is 2.68. The first-order valence-corrected chi connectivity index (χ1v) is 6.41. The van der Waals surface area contributed by atoms with E-state index in [0.29, 0.717) is 36.4 Å². The fraction of sp³-hybridized carbons (Fsp3) is 0.750. The number of rotatable bonds is 3. The molecule has 7 heteroatoms. The molecule has 0 unspecified atom stereocenters. The molecule has 0 bridgehead atoms. The molecule has 0 aliphatic carbocycles. The van der Waals surface area contributed by atoms with Crippen molar-refractivity contribution in [2.75, 3.05) is 36.0 Å². The Kier molecular flexibility index (Phi) is 3.32. The number of anilines is 1. The van der Waals surface area contributed by atoms with Crippen LogP contribution in [0.15, 0.2) is 4.42 Å². The molecule has 2 rings (SSSR count). The molecule has 0 amide bonds. The summed E-state index contributed by atoms with van der Waals surface area (Å²) < 4.78 is 16.6. The van der Waals surface area contributed by atoms with Crippen LogP contribution in [0.1, 0.15) is 5.89 Å². The van der Waals surface area contributed by atoms with Gasteiger partial charge in [-0.2, -0.15) is 0 Å². The lowest BCUT2D eigenvalue weighted by Crippen LogP contribution is -2.37. The van der Waals surface area contributed by atoms with Crippen LogP contribution in [0.25, 0.3) is 0 Å². The van der Waals surface area contributed by atoms with Crippen molar-refractivity contribution >= 4 is 16.8 Å². The van der Waals surface area contributed by atoms with Gasteiger partial charge in [0.15, 0.2) is 0 Å². The summed E-state index contributed by atoms with van der Waals surface area (Å²) in [5.41, 5.74) is 5.38. The van der Waals surface area contributed by atoms with Crippen LogP contribution >= 0.6 is 0 Å². The van der Waals surface area contributed by atoms with Crippen LogP contribution in [0, 0.1) is 0 Å². The second kappa shape index (κ2) is 4.71. The van der Waals surface area contributed by atoms with Crippen molar-refractivity contribution < 1.29 is 8.63 Å². The largest absolute Gasteiger partial charge is 0.408 e. The van der Waals surface area contributed by atoms with E-state index in [9.17, 15) is 4.21 Å². The molecule has 2 N–H and O–H groups in total. The number of nitrogens with zero attached hydrogens (tertiary/aromatic N) is 3. The summed E-state index contributed by atoms with van der Waals surface area (Å²) in [6.45, 7) is 1.94. The molecule has 1 saturated heterocycles. The van der Waals surface area contributed by atoms with Crippen LogP contribution in [-0.4, -0.2) is 45.5 Å². The summed E-state index contributed by atoms with van der Waals surface area (Å²) in [5, 5.41) is 7.82. The smallest absolute Gasteiger partial charge is 0.318 e. The molecular weight excluding hydrogens is 216 g/mol. The molecule has 1 aromatic heterocycles. The van der Waals surface area contributed by atoms with Crippen molar-refractivity contribution in [1.82, 2.24) is 10.2 Å². The Morgan fingerprint density at radius 2 is 2.13 bits per heavy atom. The van der Waals surface area contributed by atoms with Gasteiger partial charge < -0.3 is 15.1 Å². The van der Waals surface area contributed by atoms with Crippen LogP contribution in [0.2, 0.25) is 0 Å². The van der Waals surface area contributed by atoms with E-state index in [4.69, 9.17) is 10.2 Å². The number of hydrogen-bond donors (Lipinski definition) is 1. The van der Waals surface area contributed by atoms with Gasteiger partial charge in [-0.3, -0.25) is 4.21 Å². The summed E-state index contributed by atoms with van der Waals surface area (Å²) >= 11 is 0. The van der Waals surface area contributed by atoms with E-state index in [0.717, 1.165) is 13.1 Å². The molecule has 0 atom stereocenters. The molecule has 1 fully saturated rings. The van der Waals surface area contributed by atoms with E-state index >= 15 is 0 Å². The fourth-order valence-electron chi connectivity index (χ4n) is 1.43. The number of aromatic nitrogens is 2. The van der Waals surface area contributed by atoms with Gasteiger partial charge in [-0.25, -0.2) is 0 Å². The molecule has 84 valence electrons. The Morgan fingerprint density at radius 3 is 2.80 bits per heavy atom. The molecule has 0 saturated carbocycles. The van der Waals surface area contributed by atoms with Gasteiger partial charge in [0, 0.05) is 48.4 Å². The van der Waals surface area contributed by atoms with Gasteiger partial charge in [-0.15, -0.1) is 5.10 Å². The van der Waals surface area contributed by atoms with Crippen molar-refractivity contribution in [3.63, 3.8) is 0 Å². The molecule has 1 aliphatic rings. The highest BCUT2D eigenvalue weighted by Gasteiger charge is 2.19. The first-order valence-electron chi connectivity index (χ1n) is 4.92. The van der Waals surface area contributed by atoms with Gasteiger partial charge in [0.1, 0.15) is 0 Å². The second-order valence-electron chi connectivity index (χ2n) is 3.35. The normalized spacial score (nSPS) is 18.3. The Balaban J connectivity index is 1.99. The molecule has 6 nitrogen and oxygen atoms in total. The minimum Gasteiger partial charge on any atom is -0.408 e. The predicted molar refractivity (Wildman–Crippen MR) is 57.1 cm³/mol. The maximum Gasteiger partial charge on any atom is 0.318 e. The predicted octanol–water partition coefficient (Wildman–Crippen LogP) is -0.860. The number of nitrogens with two attached hydrogens (primary N) is 1. The first-order chi connectivity index (χ1) is 7.29. The third kappa shape index (κ3) is 2.54. The maximum atomic E-state index is 11.1. The third-order valence-corrected chi connectivity index (χ3v) is 3.54. The highest BCUT2D eigenvalue weighted by molar-refractivity contribution is 7.85. The van der Waals surface area contributed by atoms with E-state index in [1.807, 2.05) is 4.90 Å². The van der Waals surface area contributed by atoms with Gasteiger partial charge in [-0.05, 0) is 0 Å². The van der Waals surface area contributed by atoms with Gasteiger partial charge in [0.05, 0.1) is 0 Å². The summed E-state index contributed by atoms with van der Waals surface area (Å²) in [6.07, 6.45) is 0.604. The van der Waals surface area contributed by atoms with Gasteiger partial charge in [-0.1, -0.05) is 5.10 Å². The van der Waals surface area contributed by atoms with E-state index in [-0.39, 0.29) is 0 Å². The lowest BCUT2D eigenvalue weighted by atomic mass is 10.4.